The summed E-state index contributed by atoms with van der Waals surface area (Å²) in [5.74, 6) is 1.21. The van der Waals surface area contributed by atoms with Crippen molar-refractivity contribution >= 4 is 28.9 Å². The highest BCUT2D eigenvalue weighted by atomic mass is 35.5. The standard InChI is InChI=1S/C17H15ClN2O3/c18-10-16(19)20-13-9-15-14(22-6-7-23-15)8-12(13)17(21)11-4-2-1-3-5-11/h1-5,8-9H,6-7,10H2,(H2,19,20). The molecule has 1 aliphatic rings. The molecule has 23 heavy (non-hydrogen) atoms. The van der Waals surface area contributed by atoms with Crippen LogP contribution in [0.25, 0.3) is 0 Å². The van der Waals surface area contributed by atoms with E-state index < -0.39 is 0 Å². The summed E-state index contributed by atoms with van der Waals surface area (Å²) in [6, 6.07) is 12.3. The third kappa shape index (κ3) is 3.29. The van der Waals surface area contributed by atoms with Gasteiger partial charge in [-0.3, -0.25) is 4.79 Å². The van der Waals surface area contributed by atoms with Gasteiger partial charge < -0.3 is 15.2 Å². The molecule has 0 spiro atoms. The first kappa shape index (κ1) is 15.4. The number of hydrogen-bond acceptors (Lipinski definition) is 4. The van der Waals surface area contributed by atoms with Gasteiger partial charge in [0.2, 0.25) is 0 Å². The molecule has 2 aromatic rings. The predicted molar refractivity (Wildman–Crippen MR) is 89.3 cm³/mol. The van der Waals surface area contributed by atoms with E-state index in [2.05, 4.69) is 4.99 Å². The molecular weight excluding hydrogens is 316 g/mol. The van der Waals surface area contributed by atoms with Crippen molar-refractivity contribution in [1.29, 1.82) is 0 Å². The average Bonchev–Trinajstić information content (AvgIpc) is 2.61. The van der Waals surface area contributed by atoms with E-state index >= 15 is 0 Å². The summed E-state index contributed by atoms with van der Waals surface area (Å²) in [6.45, 7) is 0.894. The van der Waals surface area contributed by atoms with E-state index in [0.29, 0.717) is 41.5 Å². The van der Waals surface area contributed by atoms with Crippen molar-refractivity contribution in [2.45, 2.75) is 0 Å². The van der Waals surface area contributed by atoms with Crippen LogP contribution in [-0.4, -0.2) is 30.7 Å². The summed E-state index contributed by atoms with van der Waals surface area (Å²) in [7, 11) is 0. The number of aliphatic imine (C=N–C) groups is 1. The molecule has 0 unspecified atom stereocenters. The van der Waals surface area contributed by atoms with Gasteiger partial charge in [0.15, 0.2) is 17.3 Å². The van der Waals surface area contributed by atoms with E-state index in [1.165, 1.54) is 0 Å². The molecule has 5 nitrogen and oxygen atoms in total. The lowest BCUT2D eigenvalue weighted by Crippen LogP contribution is -2.17. The van der Waals surface area contributed by atoms with Crippen molar-refractivity contribution in [3.63, 3.8) is 0 Å². The number of fused-ring (bicyclic) bond motifs is 1. The summed E-state index contributed by atoms with van der Waals surface area (Å²) < 4.78 is 11.1. The molecule has 0 radical (unpaired) electrons. The van der Waals surface area contributed by atoms with Crippen LogP contribution < -0.4 is 15.2 Å². The van der Waals surface area contributed by atoms with Gasteiger partial charge in [-0.25, -0.2) is 4.99 Å². The number of rotatable bonds is 4. The van der Waals surface area contributed by atoms with Crippen molar-refractivity contribution in [2.24, 2.45) is 10.7 Å². The highest BCUT2D eigenvalue weighted by molar-refractivity contribution is 6.28. The summed E-state index contributed by atoms with van der Waals surface area (Å²) in [4.78, 5) is 17.0. The number of carbonyl (C=O) groups excluding carboxylic acids is 1. The van der Waals surface area contributed by atoms with E-state index in [0.717, 1.165) is 0 Å². The van der Waals surface area contributed by atoms with Crippen LogP contribution in [0.4, 0.5) is 5.69 Å². The molecule has 0 saturated carbocycles. The molecule has 2 aromatic carbocycles. The van der Waals surface area contributed by atoms with Crippen molar-refractivity contribution in [3.8, 4) is 11.5 Å². The Hall–Kier alpha value is -2.53. The Balaban J connectivity index is 2.11. The second-order valence-corrected chi connectivity index (χ2v) is 5.21. The van der Waals surface area contributed by atoms with Crippen LogP contribution in [0.3, 0.4) is 0 Å². The number of alkyl halides is 1. The van der Waals surface area contributed by atoms with Crippen molar-refractivity contribution < 1.29 is 14.3 Å². The lowest BCUT2D eigenvalue weighted by Gasteiger charge is -2.20. The Morgan fingerprint density at radius 1 is 1.13 bits per heavy atom. The fourth-order valence-electron chi connectivity index (χ4n) is 2.28. The van der Waals surface area contributed by atoms with Crippen LogP contribution in [0.2, 0.25) is 0 Å². The van der Waals surface area contributed by atoms with Gasteiger partial charge in [-0.05, 0) is 6.07 Å². The molecular formula is C17H15ClN2O3. The zero-order valence-electron chi connectivity index (χ0n) is 12.3. The first-order valence-corrected chi connectivity index (χ1v) is 7.65. The lowest BCUT2D eigenvalue weighted by molar-refractivity contribution is 0.103. The minimum atomic E-state index is -0.163. The fourth-order valence-corrected chi connectivity index (χ4v) is 2.34. The first-order valence-electron chi connectivity index (χ1n) is 7.11. The van der Waals surface area contributed by atoms with Gasteiger partial charge in [-0.2, -0.15) is 0 Å². The van der Waals surface area contributed by atoms with E-state index in [1.54, 1.807) is 36.4 Å². The number of amidine groups is 1. The Bertz CT molecular complexity index is 760. The molecule has 0 amide bonds. The van der Waals surface area contributed by atoms with Crippen molar-refractivity contribution in [2.75, 3.05) is 19.1 Å². The predicted octanol–water partition coefficient (Wildman–Crippen LogP) is 2.92. The number of nitrogens with two attached hydrogens (primary N) is 1. The number of ketones is 1. The largest absolute Gasteiger partial charge is 0.486 e. The van der Waals surface area contributed by atoms with E-state index in [1.807, 2.05) is 6.07 Å². The Morgan fingerprint density at radius 3 is 2.43 bits per heavy atom. The number of benzene rings is 2. The molecule has 0 aromatic heterocycles. The average molecular weight is 331 g/mol. The highest BCUT2D eigenvalue weighted by Crippen LogP contribution is 2.37. The normalized spacial score (nSPS) is 13.7. The molecule has 0 atom stereocenters. The maximum atomic E-state index is 12.8. The summed E-state index contributed by atoms with van der Waals surface area (Å²) in [5, 5.41) is 0. The van der Waals surface area contributed by atoms with Gasteiger partial charge >= 0.3 is 0 Å². The monoisotopic (exact) mass is 330 g/mol. The minimum absolute atomic E-state index is 0.0768. The summed E-state index contributed by atoms with van der Waals surface area (Å²) in [5.41, 5.74) is 7.10. The van der Waals surface area contributed by atoms with Crippen LogP contribution in [0, 0.1) is 0 Å². The van der Waals surface area contributed by atoms with E-state index in [-0.39, 0.29) is 17.5 Å². The molecule has 0 aliphatic carbocycles. The number of hydrogen-bond donors (Lipinski definition) is 1. The van der Waals surface area contributed by atoms with Gasteiger partial charge in [-0.15, -0.1) is 11.6 Å². The molecule has 2 N–H and O–H groups in total. The molecule has 3 rings (SSSR count). The molecule has 118 valence electrons. The third-order valence-electron chi connectivity index (χ3n) is 3.34. The molecule has 1 aliphatic heterocycles. The van der Waals surface area contributed by atoms with Crippen molar-refractivity contribution in [1.82, 2.24) is 0 Å². The van der Waals surface area contributed by atoms with Crippen LogP contribution >= 0.6 is 11.6 Å². The van der Waals surface area contributed by atoms with Gasteiger partial charge in [0.1, 0.15) is 19.0 Å². The van der Waals surface area contributed by atoms with Crippen LogP contribution in [0.5, 0.6) is 11.5 Å². The number of carbonyl (C=O) groups is 1. The second kappa shape index (κ2) is 6.71. The second-order valence-electron chi connectivity index (χ2n) is 4.94. The van der Waals surface area contributed by atoms with Gasteiger partial charge in [0.25, 0.3) is 0 Å². The lowest BCUT2D eigenvalue weighted by atomic mass is 10.0. The van der Waals surface area contributed by atoms with Gasteiger partial charge in [0, 0.05) is 11.6 Å². The SMILES string of the molecule is NC(CCl)=Nc1cc2c(cc1C(=O)c1ccccc1)OCCO2. The zero-order valence-corrected chi connectivity index (χ0v) is 13.0. The topological polar surface area (TPSA) is 73.9 Å². The summed E-state index contributed by atoms with van der Waals surface area (Å²) in [6.07, 6.45) is 0. The smallest absolute Gasteiger partial charge is 0.195 e. The van der Waals surface area contributed by atoms with Gasteiger partial charge in [0.05, 0.1) is 17.1 Å². The Labute approximate surface area is 138 Å². The minimum Gasteiger partial charge on any atom is -0.486 e. The molecule has 0 bridgehead atoms. The molecule has 0 fully saturated rings. The van der Waals surface area contributed by atoms with Gasteiger partial charge in [-0.1, -0.05) is 30.3 Å². The number of ether oxygens (including phenoxy) is 2. The van der Waals surface area contributed by atoms with E-state index in [4.69, 9.17) is 26.8 Å². The third-order valence-corrected chi connectivity index (χ3v) is 3.62. The maximum absolute atomic E-state index is 12.8. The quantitative estimate of drug-likeness (QED) is 0.405. The summed E-state index contributed by atoms with van der Waals surface area (Å²) >= 11 is 5.70. The highest BCUT2D eigenvalue weighted by Gasteiger charge is 2.20. The fraction of sp³-hybridized carbons (Fsp3) is 0.176. The van der Waals surface area contributed by atoms with Crippen LogP contribution in [0.1, 0.15) is 15.9 Å². The Morgan fingerprint density at radius 2 is 1.78 bits per heavy atom. The van der Waals surface area contributed by atoms with Crippen LogP contribution in [-0.2, 0) is 0 Å². The Kier molecular flexibility index (Phi) is 4.48. The zero-order chi connectivity index (χ0) is 16.2. The number of halogens is 1. The molecule has 0 saturated heterocycles. The molecule has 1 heterocycles. The maximum Gasteiger partial charge on any atom is 0.195 e. The van der Waals surface area contributed by atoms with Crippen LogP contribution in [0.15, 0.2) is 47.5 Å². The molecule has 6 heteroatoms. The number of nitrogens with zero attached hydrogens (tertiary/aromatic N) is 1. The first-order chi connectivity index (χ1) is 11.2. The van der Waals surface area contributed by atoms with Crippen molar-refractivity contribution in [3.05, 3.63) is 53.6 Å². The van der Waals surface area contributed by atoms with E-state index in [9.17, 15) is 4.79 Å².